The Morgan fingerprint density at radius 3 is 1.33 bits per heavy atom. The van der Waals surface area contributed by atoms with Crippen molar-refractivity contribution in [2.75, 3.05) is 0 Å². The first-order chi connectivity index (χ1) is 10.4. The zero-order valence-electron chi connectivity index (χ0n) is 14.1. The monoisotopic (exact) mass is 330 g/mol. The number of rotatable bonds is 18. The van der Waals surface area contributed by atoms with Crippen LogP contribution in [0.15, 0.2) is 0 Å². The highest BCUT2D eigenvalue weighted by molar-refractivity contribution is 6.27. The lowest BCUT2D eigenvalue weighted by Crippen LogP contribution is -2.04. The standard InChI is InChI=1S/C16H34O3Si2/c1-3-5-7-9-11-13-15-20-18-17-19-21-16-14-12-10-8-6-4-2/h3-16H2,1-2H3. The molecule has 124 valence electrons. The highest BCUT2D eigenvalue weighted by Gasteiger charge is 1.97. The van der Waals surface area contributed by atoms with E-state index in [9.17, 15) is 0 Å². The Morgan fingerprint density at radius 2 is 0.905 bits per heavy atom. The molecule has 0 bridgehead atoms. The van der Waals surface area contributed by atoms with Crippen LogP contribution >= 0.6 is 0 Å². The third-order valence-corrected chi connectivity index (χ3v) is 4.94. The second-order valence-electron chi connectivity index (χ2n) is 5.56. The number of hydrogen-bond donors (Lipinski definition) is 0. The van der Waals surface area contributed by atoms with E-state index >= 15 is 0 Å². The average molecular weight is 331 g/mol. The van der Waals surface area contributed by atoms with E-state index in [1.807, 2.05) is 0 Å². The highest BCUT2D eigenvalue weighted by atomic mass is 28.2. The molecule has 0 rings (SSSR count). The Morgan fingerprint density at radius 1 is 0.524 bits per heavy atom. The maximum Gasteiger partial charge on any atom is 0.287 e. The van der Waals surface area contributed by atoms with Crippen LogP contribution in [0.2, 0.25) is 12.1 Å². The fraction of sp³-hybridized carbons (Fsp3) is 1.00. The molecule has 0 saturated heterocycles. The number of unbranched alkanes of at least 4 members (excludes halogenated alkanes) is 10. The van der Waals surface area contributed by atoms with E-state index in [0.29, 0.717) is 19.5 Å². The maximum absolute atomic E-state index is 5.03. The van der Waals surface area contributed by atoms with E-state index < -0.39 is 0 Å². The first-order valence-electron chi connectivity index (χ1n) is 8.86. The molecule has 0 atom stereocenters. The van der Waals surface area contributed by atoms with E-state index in [4.69, 9.17) is 14.2 Å². The largest absolute Gasteiger partial charge is 0.287 e. The van der Waals surface area contributed by atoms with E-state index in [0.717, 1.165) is 12.1 Å². The van der Waals surface area contributed by atoms with Crippen molar-refractivity contribution in [1.29, 1.82) is 0 Å². The van der Waals surface area contributed by atoms with Crippen molar-refractivity contribution in [3.05, 3.63) is 0 Å². The summed E-state index contributed by atoms with van der Waals surface area (Å²) in [4.78, 5) is 0. The molecule has 0 spiro atoms. The van der Waals surface area contributed by atoms with Crippen LogP contribution in [-0.2, 0) is 14.2 Å². The summed E-state index contributed by atoms with van der Waals surface area (Å²) in [5.74, 6) is 0. The van der Waals surface area contributed by atoms with Gasteiger partial charge in [-0.25, -0.2) is 0 Å². The minimum absolute atomic E-state index is 0.414. The molecule has 0 N–H and O–H groups in total. The van der Waals surface area contributed by atoms with Crippen LogP contribution < -0.4 is 0 Å². The normalized spacial score (nSPS) is 11.1. The van der Waals surface area contributed by atoms with Gasteiger partial charge in [-0.3, -0.25) is 9.15 Å². The zero-order valence-corrected chi connectivity index (χ0v) is 16.1. The van der Waals surface area contributed by atoms with Gasteiger partial charge in [-0.15, -0.1) is 0 Å². The van der Waals surface area contributed by atoms with Crippen molar-refractivity contribution in [2.24, 2.45) is 0 Å². The van der Waals surface area contributed by atoms with Gasteiger partial charge in [-0.2, -0.15) is 0 Å². The molecule has 21 heavy (non-hydrogen) atoms. The lowest BCUT2D eigenvalue weighted by molar-refractivity contribution is -0.417. The molecule has 0 aliphatic heterocycles. The van der Waals surface area contributed by atoms with Crippen LogP contribution in [0.1, 0.15) is 90.9 Å². The summed E-state index contributed by atoms with van der Waals surface area (Å²) >= 11 is 0. The van der Waals surface area contributed by atoms with Crippen molar-refractivity contribution < 1.29 is 14.2 Å². The molecule has 0 saturated carbocycles. The molecule has 0 amide bonds. The second-order valence-corrected chi connectivity index (χ2v) is 7.47. The quantitative estimate of drug-likeness (QED) is 0.140. The topological polar surface area (TPSA) is 27.7 Å². The van der Waals surface area contributed by atoms with Gasteiger partial charge >= 0.3 is 0 Å². The molecule has 3 nitrogen and oxygen atoms in total. The molecule has 0 aliphatic rings. The summed E-state index contributed by atoms with van der Waals surface area (Å²) in [5, 5.41) is 4.75. The third-order valence-electron chi connectivity index (χ3n) is 3.45. The Bertz CT molecular complexity index is 165. The lowest BCUT2D eigenvalue weighted by Gasteiger charge is -2.03. The molecule has 0 heterocycles. The van der Waals surface area contributed by atoms with Gasteiger partial charge < -0.3 is 0 Å². The van der Waals surface area contributed by atoms with Gasteiger partial charge in [0.05, 0.1) is 0 Å². The van der Waals surface area contributed by atoms with Crippen LogP contribution in [0.4, 0.5) is 0 Å². The Labute approximate surface area is 137 Å². The molecule has 5 heteroatoms. The van der Waals surface area contributed by atoms with Gasteiger partial charge in [0.1, 0.15) is 0 Å². The predicted octanol–water partition coefficient (Wildman–Crippen LogP) is 5.66. The first-order valence-corrected chi connectivity index (χ1v) is 11.1. The maximum atomic E-state index is 5.03. The fourth-order valence-corrected chi connectivity index (χ4v) is 3.29. The second kappa shape index (κ2) is 20.3. The van der Waals surface area contributed by atoms with E-state index in [2.05, 4.69) is 13.8 Å². The van der Waals surface area contributed by atoms with Gasteiger partial charge in [0.2, 0.25) is 0 Å². The van der Waals surface area contributed by atoms with Crippen molar-refractivity contribution >= 4 is 19.5 Å². The Hall–Kier alpha value is 0.314. The van der Waals surface area contributed by atoms with E-state index in [1.165, 1.54) is 77.0 Å². The van der Waals surface area contributed by atoms with Crippen molar-refractivity contribution in [2.45, 2.75) is 103 Å². The summed E-state index contributed by atoms with van der Waals surface area (Å²) in [7, 11) is 0.827. The molecule has 0 unspecified atom stereocenters. The molecular formula is C16H34O3Si2. The van der Waals surface area contributed by atoms with Crippen molar-refractivity contribution in [3.63, 3.8) is 0 Å². The molecular weight excluding hydrogens is 296 g/mol. The van der Waals surface area contributed by atoms with Gasteiger partial charge in [-0.1, -0.05) is 95.9 Å². The van der Waals surface area contributed by atoms with E-state index in [-0.39, 0.29) is 0 Å². The summed E-state index contributed by atoms with van der Waals surface area (Å²) in [6.07, 6.45) is 15.9. The minimum atomic E-state index is 0.414. The average Bonchev–Trinajstić information content (AvgIpc) is 2.50. The number of hydrogen-bond acceptors (Lipinski definition) is 3. The van der Waals surface area contributed by atoms with Crippen LogP contribution in [0.3, 0.4) is 0 Å². The van der Waals surface area contributed by atoms with Gasteiger partial charge in [0.25, 0.3) is 19.5 Å². The zero-order chi connectivity index (χ0) is 15.4. The van der Waals surface area contributed by atoms with Gasteiger partial charge in [-0.05, 0) is 12.1 Å². The highest BCUT2D eigenvalue weighted by Crippen LogP contribution is 2.08. The van der Waals surface area contributed by atoms with Gasteiger partial charge in [0, 0.05) is 0 Å². The Balaban J connectivity index is 2.90. The summed E-state index contributed by atoms with van der Waals surface area (Å²) < 4.78 is 10.1. The van der Waals surface area contributed by atoms with Crippen LogP contribution in [0.25, 0.3) is 0 Å². The molecule has 0 aromatic heterocycles. The van der Waals surface area contributed by atoms with Crippen LogP contribution in [0.5, 0.6) is 0 Å². The van der Waals surface area contributed by atoms with Crippen molar-refractivity contribution in [3.8, 4) is 0 Å². The molecule has 4 radical (unpaired) electrons. The summed E-state index contributed by atoms with van der Waals surface area (Å²) in [5.41, 5.74) is 0. The third kappa shape index (κ3) is 20.3. The SMILES string of the molecule is CCCCCCCC[Si]OOO[Si]CCCCCCCC. The molecule has 0 fully saturated rings. The molecule has 0 aromatic rings. The summed E-state index contributed by atoms with van der Waals surface area (Å²) in [6.45, 7) is 4.50. The lowest BCUT2D eigenvalue weighted by atomic mass is 10.1. The van der Waals surface area contributed by atoms with E-state index in [1.54, 1.807) is 0 Å². The first kappa shape index (κ1) is 21.3. The van der Waals surface area contributed by atoms with Gasteiger partial charge in [0.15, 0.2) is 0 Å². The van der Waals surface area contributed by atoms with Crippen LogP contribution in [-0.4, -0.2) is 19.5 Å². The smallest absolute Gasteiger partial charge is 0.259 e. The fourth-order valence-electron chi connectivity index (χ4n) is 2.10. The van der Waals surface area contributed by atoms with Crippen LogP contribution in [0, 0.1) is 0 Å². The minimum Gasteiger partial charge on any atom is -0.259 e. The predicted molar refractivity (Wildman–Crippen MR) is 91.1 cm³/mol. The summed E-state index contributed by atoms with van der Waals surface area (Å²) in [6, 6.07) is 2.19. The van der Waals surface area contributed by atoms with Crippen molar-refractivity contribution in [1.82, 2.24) is 0 Å². The molecule has 0 aromatic carbocycles. The molecule has 0 aliphatic carbocycles. The Kier molecular flexibility index (Phi) is 20.6.